The highest BCUT2D eigenvalue weighted by molar-refractivity contribution is 5.60. The van der Waals surface area contributed by atoms with Gasteiger partial charge in [0.15, 0.2) is 5.65 Å². The van der Waals surface area contributed by atoms with E-state index in [9.17, 15) is 0 Å². The molecule has 1 atom stereocenters. The molecule has 1 unspecified atom stereocenters. The number of hydrogen-bond donors (Lipinski definition) is 0. The van der Waals surface area contributed by atoms with E-state index >= 15 is 0 Å². The van der Waals surface area contributed by atoms with Gasteiger partial charge in [0, 0.05) is 36.6 Å². The van der Waals surface area contributed by atoms with Crippen LogP contribution in [-0.4, -0.2) is 48.8 Å². The Kier molecular flexibility index (Phi) is 3.56. The average Bonchev–Trinajstić information content (AvgIpc) is 3.42. The van der Waals surface area contributed by atoms with Crippen LogP contribution in [0.3, 0.4) is 0 Å². The van der Waals surface area contributed by atoms with E-state index in [0.29, 0.717) is 36.5 Å². The summed E-state index contributed by atoms with van der Waals surface area (Å²) >= 11 is 0. The summed E-state index contributed by atoms with van der Waals surface area (Å²) in [5, 5.41) is 4.07. The van der Waals surface area contributed by atoms with Crippen LogP contribution in [-0.2, 0) is 4.74 Å². The van der Waals surface area contributed by atoms with Crippen LogP contribution in [0.1, 0.15) is 6.42 Å². The SMILES string of the molecule is c1cn2c(-c3noc(-c4ccnc(OC5CCOC5)c4)n3)cnc2cn1. The second kappa shape index (κ2) is 6.19. The molecule has 0 bridgehead atoms. The highest BCUT2D eigenvalue weighted by atomic mass is 16.5. The summed E-state index contributed by atoms with van der Waals surface area (Å²) in [6, 6.07) is 3.59. The summed E-state index contributed by atoms with van der Waals surface area (Å²) < 4.78 is 18.4. The van der Waals surface area contributed by atoms with Crippen LogP contribution >= 0.6 is 0 Å². The molecule has 0 spiro atoms. The van der Waals surface area contributed by atoms with Crippen molar-refractivity contribution in [1.82, 2.24) is 29.5 Å². The predicted octanol–water partition coefficient (Wildman–Crippen LogP) is 2.01. The molecule has 130 valence electrons. The van der Waals surface area contributed by atoms with Crippen LogP contribution in [0.25, 0.3) is 28.6 Å². The molecule has 4 aromatic heterocycles. The zero-order valence-corrected chi connectivity index (χ0v) is 13.6. The van der Waals surface area contributed by atoms with Gasteiger partial charge >= 0.3 is 0 Å². The van der Waals surface area contributed by atoms with Crippen molar-refractivity contribution < 1.29 is 14.0 Å². The van der Waals surface area contributed by atoms with Crippen molar-refractivity contribution in [3.63, 3.8) is 0 Å². The van der Waals surface area contributed by atoms with Crippen LogP contribution in [0, 0.1) is 0 Å². The van der Waals surface area contributed by atoms with Crippen molar-refractivity contribution in [3.05, 3.63) is 43.1 Å². The number of fused-ring (bicyclic) bond motifs is 1. The summed E-state index contributed by atoms with van der Waals surface area (Å²) in [5.41, 5.74) is 2.18. The van der Waals surface area contributed by atoms with E-state index in [2.05, 4.69) is 25.1 Å². The Bertz CT molecular complexity index is 1050. The molecule has 1 saturated heterocycles. The molecule has 0 N–H and O–H groups in total. The molecule has 26 heavy (non-hydrogen) atoms. The third-order valence-electron chi connectivity index (χ3n) is 4.13. The molecule has 4 aromatic rings. The summed E-state index contributed by atoms with van der Waals surface area (Å²) in [4.78, 5) is 17.0. The van der Waals surface area contributed by atoms with Crippen LogP contribution in [0.15, 0.2) is 47.6 Å². The third kappa shape index (κ3) is 2.68. The molecular formula is C17H14N6O3. The number of hydrogen-bond acceptors (Lipinski definition) is 8. The van der Waals surface area contributed by atoms with Gasteiger partial charge in [0.1, 0.15) is 11.8 Å². The lowest BCUT2D eigenvalue weighted by atomic mass is 10.2. The number of ether oxygens (including phenoxy) is 2. The maximum atomic E-state index is 5.83. The first-order valence-electron chi connectivity index (χ1n) is 8.19. The zero-order chi connectivity index (χ0) is 17.3. The van der Waals surface area contributed by atoms with Crippen LogP contribution in [0.2, 0.25) is 0 Å². The zero-order valence-electron chi connectivity index (χ0n) is 13.6. The fourth-order valence-electron chi connectivity index (χ4n) is 2.84. The highest BCUT2D eigenvalue weighted by Crippen LogP contribution is 2.25. The Hall–Kier alpha value is -3.33. The normalized spacial score (nSPS) is 17.0. The van der Waals surface area contributed by atoms with Gasteiger partial charge in [0.05, 0.1) is 25.6 Å². The smallest absolute Gasteiger partial charge is 0.258 e. The minimum atomic E-state index is 0.0303. The predicted molar refractivity (Wildman–Crippen MR) is 89.4 cm³/mol. The van der Waals surface area contributed by atoms with Gasteiger partial charge in [0.25, 0.3) is 5.89 Å². The van der Waals surface area contributed by atoms with Gasteiger partial charge in [-0.3, -0.25) is 9.38 Å². The lowest BCUT2D eigenvalue weighted by Crippen LogP contribution is -2.16. The fourth-order valence-corrected chi connectivity index (χ4v) is 2.84. The molecular weight excluding hydrogens is 336 g/mol. The number of pyridine rings is 1. The molecule has 1 aliphatic rings. The number of aromatic nitrogens is 6. The van der Waals surface area contributed by atoms with Gasteiger partial charge in [-0.05, 0) is 6.07 Å². The van der Waals surface area contributed by atoms with Gasteiger partial charge in [0.2, 0.25) is 11.7 Å². The Labute approximate surface area is 147 Å². The number of rotatable bonds is 4. The van der Waals surface area contributed by atoms with E-state index in [1.165, 1.54) is 0 Å². The average molecular weight is 350 g/mol. The van der Waals surface area contributed by atoms with Gasteiger partial charge in [-0.2, -0.15) is 4.98 Å². The standard InChI is InChI=1S/C17H14N6O3/c1-3-19-15(25-12-2-6-24-10-12)7-11(1)17-21-16(22-26-17)13-8-20-14-9-18-4-5-23(13)14/h1,3-5,7-9,12H,2,6,10H2. The van der Waals surface area contributed by atoms with Crippen molar-refractivity contribution in [1.29, 1.82) is 0 Å². The molecule has 0 aromatic carbocycles. The topological polar surface area (TPSA) is 100 Å². The first-order chi connectivity index (χ1) is 12.9. The largest absolute Gasteiger partial charge is 0.472 e. The third-order valence-corrected chi connectivity index (χ3v) is 4.13. The van der Waals surface area contributed by atoms with Crippen LogP contribution in [0.5, 0.6) is 5.88 Å². The van der Waals surface area contributed by atoms with Crippen LogP contribution in [0.4, 0.5) is 0 Å². The first-order valence-corrected chi connectivity index (χ1v) is 8.19. The lowest BCUT2D eigenvalue weighted by Gasteiger charge is -2.10. The first kappa shape index (κ1) is 15.0. The molecule has 0 radical (unpaired) electrons. The van der Waals surface area contributed by atoms with Gasteiger partial charge in [-0.25, -0.2) is 9.97 Å². The molecule has 9 nitrogen and oxygen atoms in total. The minimum absolute atomic E-state index is 0.0303. The molecule has 1 fully saturated rings. The minimum Gasteiger partial charge on any atom is -0.472 e. The second-order valence-corrected chi connectivity index (χ2v) is 5.86. The molecule has 9 heteroatoms. The maximum absolute atomic E-state index is 5.83. The summed E-state index contributed by atoms with van der Waals surface area (Å²) in [5.74, 6) is 1.35. The van der Waals surface area contributed by atoms with E-state index in [-0.39, 0.29) is 6.10 Å². The lowest BCUT2D eigenvalue weighted by molar-refractivity contribution is 0.138. The van der Waals surface area contributed by atoms with Crippen LogP contribution < -0.4 is 4.74 Å². The monoisotopic (exact) mass is 350 g/mol. The van der Waals surface area contributed by atoms with Crippen molar-refractivity contribution in [3.8, 4) is 28.9 Å². The number of nitrogens with zero attached hydrogens (tertiary/aromatic N) is 6. The second-order valence-electron chi connectivity index (χ2n) is 5.86. The molecule has 0 aliphatic carbocycles. The molecule has 5 rings (SSSR count). The Balaban J connectivity index is 1.45. The van der Waals surface area contributed by atoms with Crippen molar-refractivity contribution in [2.24, 2.45) is 0 Å². The molecule has 1 aliphatic heterocycles. The van der Waals surface area contributed by atoms with E-state index in [0.717, 1.165) is 17.7 Å². The number of imidazole rings is 1. The Morgan fingerprint density at radius 1 is 1.19 bits per heavy atom. The highest BCUT2D eigenvalue weighted by Gasteiger charge is 2.19. The summed E-state index contributed by atoms with van der Waals surface area (Å²) in [6.45, 7) is 1.30. The van der Waals surface area contributed by atoms with Gasteiger partial charge in [-0.1, -0.05) is 5.16 Å². The van der Waals surface area contributed by atoms with E-state index in [1.54, 1.807) is 43.1 Å². The van der Waals surface area contributed by atoms with E-state index < -0.39 is 0 Å². The van der Waals surface area contributed by atoms with Crippen molar-refractivity contribution in [2.45, 2.75) is 12.5 Å². The van der Waals surface area contributed by atoms with Gasteiger partial charge in [-0.15, -0.1) is 0 Å². The summed E-state index contributed by atoms with van der Waals surface area (Å²) in [7, 11) is 0. The van der Waals surface area contributed by atoms with E-state index in [1.807, 2.05) is 4.40 Å². The maximum Gasteiger partial charge on any atom is 0.258 e. The molecule has 0 saturated carbocycles. The molecule has 0 amide bonds. The van der Waals surface area contributed by atoms with Crippen molar-refractivity contribution >= 4 is 5.65 Å². The van der Waals surface area contributed by atoms with Crippen molar-refractivity contribution in [2.75, 3.05) is 13.2 Å². The summed E-state index contributed by atoms with van der Waals surface area (Å²) in [6.07, 6.45) is 9.39. The Morgan fingerprint density at radius 3 is 3.12 bits per heavy atom. The molecule has 5 heterocycles. The Morgan fingerprint density at radius 2 is 2.19 bits per heavy atom. The fraction of sp³-hybridized carbons (Fsp3) is 0.235. The van der Waals surface area contributed by atoms with E-state index in [4.69, 9.17) is 14.0 Å². The van der Waals surface area contributed by atoms with Gasteiger partial charge < -0.3 is 14.0 Å². The quantitative estimate of drug-likeness (QED) is 0.551.